The fourth-order valence-corrected chi connectivity index (χ4v) is 2.10. The molecule has 0 spiro atoms. The molecule has 1 atom stereocenters. The predicted molar refractivity (Wildman–Crippen MR) is 72.5 cm³/mol. The van der Waals surface area contributed by atoms with Crippen LogP contribution in [0.15, 0.2) is 24.3 Å². The van der Waals surface area contributed by atoms with E-state index in [4.69, 9.17) is 15.9 Å². The zero-order valence-electron chi connectivity index (χ0n) is 11.1. The minimum absolute atomic E-state index is 0.155. The van der Waals surface area contributed by atoms with Crippen molar-refractivity contribution in [3.8, 4) is 5.75 Å². The number of rotatable bonds is 5. The van der Waals surface area contributed by atoms with Crippen LogP contribution in [0.2, 0.25) is 0 Å². The van der Waals surface area contributed by atoms with Gasteiger partial charge in [-0.1, -0.05) is 12.1 Å². The third kappa shape index (κ3) is 2.71. The smallest absolute Gasteiger partial charge is 0.323 e. The summed E-state index contributed by atoms with van der Waals surface area (Å²) < 4.78 is 5.16. The Labute approximate surface area is 116 Å². The second kappa shape index (κ2) is 5.60. The summed E-state index contributed by atoms with van der Waals surface area (Å²) in [5.74, 6) is 0.126. The van der Waals surface area contributed by atoms with Crippen LogP contribution in [0, 0.1) is 5.41 Å². The highest BCUT2D eigenvalue weighted by molar-refractivity contribution is 6.05. The minimum atomic E-state index is -0.543. The number of urea groups is 1. The van der Waals surface area contributed by atoms with Gasteiger partial charge in [0.1, 0.15) is 17.6 Å². The molecule has 0 aromatic heterocycles. The zero-order chi connectivity index (χ0) is 14.7. The Morgan fingerprint density at radius 3 is 2.65 bits per heavy atom. The van der Waals surface area contributed by atoms with Crippen LogP contribution >= 0.6 is 0 Å². The van der Waals surface area contributed by atoms with E-state index in [9.17, 15) is 9.59 Å². The monoisotopic (exact) mass is 276 g/mol. The third-order valence-electron chi connectivity index (χ3n) is 3.01. The first kappa shape index (κ1) is 13.9. The summed E-state index contributed by atoms with van der Waals surface area (Å²) in [6.45, 7) is 2.19. The van der Waals surface area contributed by atoms with Crippen LogP contribution in [-0.4, -0.2) is 35.8 Å². The molecule has 3 amide bonds. The van der Waals surface area contributed by atoms with E-state index in [1.165, 1.54) is 0 Å². The summed E-state index contributed by atoms with van der Waals surface area (Å²) in [5, 5.41) is 10.3. The van der Waals surface area contributed by atoms with Crippen LogP contribution in [0.1, 0.15) is 18.5 Å². The lowest BCUT2D eigenvalue weighted by molar-refractivity contribution is -0.119. The maximum absolute atomic E-state index is 11.6. The van der Waals surface area contributed by atoms with Crippen LogP contribution in [0.5, 0.6) is 5.75 Å². The highest BCUT2D eigenvalue weighted by Gasteiger charge is 2.35. The van der Waals surface area contributed by atoms with Crippen LogP contribution in [0.4, 0.5) is 4.79 Å². The van der Waals surface area contributed by atoms with Gasteiger partial charge in [0.15, 0.2) is 6.61 Å². The first-order valence-corrected chi connectivity index (χ1v) is 6.20. The zero-order valence-corrected chi connectivity index (χ0v) is 11.1. The summed E-state index contributed by atoms with van der Waals surface area (Å²) in [6, 6.07) is 6.22. The summed E-state index contributed by atoms with van der Waals surface area (Å²) in [7, 11) is 0. The lowest BCUT2D eigenvalue weighted by Crippen LogP contribution is -2.29. The highest BCUT2D eigenvalue weighted by atomic mass is 16.5. The minimum Gasteiger partial charge on any atom is -0.484 e. The summed E-state index contributed by atoms with van der Waals surface area (Å²) in [6.07, 6.45) is 0. The second-order valence-electron chi connectivity index (χ2n) is 4.36. The number of amides is 3. The molecule has 4 N–H and O–H groups in total. The molecule has 2 rings (SSSR count). The molecule has 7 heteroatoms. The Hall–Kier alpha value is -2.57. The SMILES string of the molecule is CCN1C(=O)NC(=N)C1c1ccc(OCC(N)=O)cc1. The molecule has 7 nitrogen and oxygen atoms in total. The van der Waals surface area contributed by atoms with Gasteiger partial charge in [-0.05, 0) is 24.6 Å². The molecule has 1 fully saturated rings. The van der Waals surface area contributed by atoms with E-state index >= 15 is 0 Å². The molecule has 0 saturated carbocycles. The van der Waals surface area contributed by atoms with Gasteiger partial charge in [-0.15, -0.1) is 0 Å². The number of likely N-dealkylation sites (N-methyl/N-ethyl adjacent to an activating group) is 1. The van der Waals surface area contributed by atoms with Crippen LogP contribution in [0.3, 0.4) is 0 Å². The average molecular weight is 276 g/mol. The van der Waals surface area contributed by atoms with E-state index in [1.54, 1.807) is 29.2 Å². The number of carbonyl (C=O) groups excluding carboxylic acids is 2. The van der Waals surface area contributed by atoms with Gasteiger partial charge in [-0.3, -0.25) is 15.5 Å². The van der Waals surface area contributed by atoms with Crippen LogP contribution in [-0.2, 0) is 4.79 Å². The van der Waals surface area contributed by atoms with E-state index < -0.39 is 11.9 Å². The second-order valence-corrected chi connectivity index (χ2v) is 4.36. The average Bonchev–Trinajstić information content (AvgIpc) is 2.71. The molecule has 0 radical (unpaired) electrons. The third-order valence-corrected chi connectivity index (χ3v) is 3.01. The van der Waals surface area contributed by atoms with Crippen molar-refractivity contribution in [3.05, 3.63) is 29.8 Å². The molecular weight excluding hydrogens is 260 g/mol. The Kier molecular flexibility index (Phi) is 3.88. The lowest BCUT2D eigenvalue weighted by Gasteiger charge is -2.21. The molecule has 1 saturated heterocycles. The summed E-state index contributed by atoms with van der Waals surface area (Å²) in [4.78, 5) is 23.8. The number of amidine groups is 1. The number of primary amides is 1. The molecule has 1 heterocycles. The molecule has 20 heavy (non-hydrogen) atoms. The van der Waals surface area contributed by atoms with Gasteiger partial charge < -0.3 is 15.4 Å². The largest absolute Gasteiger partial charge is 0.484 e. The number of carbonyl (C=O) groups is 2. The van der Waals surface area contributed by atoms with Gasteiger partial charge in [0.2, 0.25) is 0 Å². The van der Waals surface area contributed by atoms with Crippen molar-refractivity contribution in [1.29, 1.82) is 5.41 Å². The van der Waals surface area contributed by atoms with Crippen molar-refractivity contribution in [2.45, 2.75) is 13.0 Å². The number of nitrogens with one attached hydrogen (secondary N) is 2. The lowest BCUT2D eigenvalue weighted by atomic mass is 10.1. The maximum atomic E-state index is 11.6. The van der Waals surface area contributed by atoms with Crippen LogP contribution < -0.4 is 15.8 Å². The van der Waals surface area contributed by atoms with Gasteiger partial charge in [-0.2, -0.15) is 0 Å². The standard InChI is InChI=1S/C13H16N4O3/c1-2-17-11(12(15)16-13(17)19)8-3-5-9(6-4-8)20-7-10(14)18/h3-6,11H,2,7H2,1H3,(H2,14,18)(H2,15,16,19). The van der Waals surface area contributed by atoms with E-state index in [-0.39, 0.29) is 18.5 Å². The van der Waals surface area contributed by atoms with Crippen molar-refractivity contribution < 1.29 is 14.3 Å². The Morgan fingerprint density at radius 2 is 2.10 bits per heavy atom. The van der Waals surface area contributed by atoms with Crippen molar-refractivity contribution in [3.63, 3.8) is 0 Å². The van der Waals surface area contributed by atoms with Gasteiger partial charge in [-0.25, -0.2) is 4.79 Å². The van der Waals surface area contributed by atoms with Gasteiger partial charge in [0.05, 0.1) is 0 Å². The molecule has 1 aliphatic rings. The van der Waals surface area contributed by atoms with E-state index in [2.05, 4.69) is 5.32 Å². The highest BCUT2D eigenvalue weighted by Crippen LogP contribution is 2.27. The molecule has 0 aliphatic carbocycles. The molecule has 0 bridgehead atoms. The van der Waals surface area contributed by atoms with Crippen molar-refractivity contribution in [2.75, 3.05) is 13.2 Å². The first-order valence-electron chi connectivity index (χ1n) is 6.20. The Morgan fingerprint density at radius 1 is 1.45 bits per heavy atom. The molecule has 1 aromatic rings. The quantitative estimate of drug-likeness (QED) is 0.733. The molecule has 1 aromatic carbocycles. The van der Waals surface area contributed by atoms with Gasteiger partial charge in [0, 0.05) is 6.54 Å². The summed E-state index contributed by atoms with van der Waals surface area (Å²) >= 11 is 0. The Balaban J connectivity index is 2.15. The molecule has 106 valence electrons. The van der Waals surface area contributed by atoms with Gasteiger partial charge >= 0.3 is 6.03 Å². The maximum Gasteiger partial charge on any atom is 0.323 e. The van der Waals surface area contributed by atoms with Crippen molar-refractivity contribution in [1.82, 2.24) is 10.2 Å². The topological polar surface area (TPSA) is 109 Å². The molecule has 1 unspecified atom stereocenters. The van der Waals surface area contributed by atoms with E-state index in [0.717, 1.165) is 5.56 Å². The normalized spacial score (nSPS) is 18.1. The number of hydrogen-bond acceptors (Lipinski definition) is 4. The fraction of sp³-hybridized carbons (Fsp3) is 0.308. The number of ether oxygens (including phenoxy) is 1. The Bertz CT molecular complexity index is 541. The first-order chi connectivity index (χ1) is 9.52. The number of nitrogens with zero attached hydrogens (tertiary/aromatic N) is 1. The number of benzene rings is 1. The number of hydrogen-bond donors (Lipinski definition) is 3. The van der Waals surface area contributed by atoms with E-state index in [0.29, 0.717) is 12.3 Å². The van der Waals surface area contributed by atoms with Crippen LogP contribution in [0.25, 0.3) is 0 Å². The molecular formula is C13H16N4O3. The predicted octanol–water partition coefficient (Wildman–Crippen LogP) is 0.614. The fourth-order valence-electron chi connectivity index (χ4n) is 2.10. The van der Waals surface area contributed by atoms with Crippen molar-refractivity contribution in [2.24, 2.45) is 5.73 Å². The molecule has 1 aliphatic heterocycles. The number of nitrogens with two attached hydrogens (primary N) is 1. The van der Waals surface area contributed by atoms with Crippen molar-refractivity contribution >= 4 is 17.8 Å². The summed E-state index contributed by atoms with van der Waals surface area (Å²) in [5.41, 5.74) is 5.80. The van der Waals surface area contributed by atoms with E-state index in [1.807, 2.05) is 6.92 Å². The van der Waals surface area contributed by atoms with Gasteiger partial charge in [0.25, 0.3) is 5.91 Å².